The zero-order valence-corrected chi connectivity index (χ0v) is 11.4. The quantitative estimate of drug-likeness (QED) is 0.788. The molecule has 0 aliphatic rings. The predicted molar refractivity (Wildman–Crippen MR) is 71.5 cm³/mol. The molecule has 0 saturated heterocycles. The van der Waals surface area contributed by atoms with Crippen molar-refractivity contribution < 1.29 is 12.8 Å². The number of aromatic nitrogens is 1. The van der Waals surface area contributed by atoms with Crippen LogP contribution in [0.3, 0.4) is 0 Å². The van der Waals surface area contributed by atoms with Gasteiger partial charge in [-0.25, -0.2) is 17.9 Å². The van der Waals surface area contributed by atoms with Crippen LogP contribution in [0.4, 0.5) is 0 Å². The second-order valence-corrected chi connectivity index (χ2v) is 6.04. The van der Waals surface area contributed by atoms with E-state index in [1.165, 1.54) is 18.2 Å². The van der Waals surface area contributed by atoms with Gasteiger partial charge in [0.2, 0.25) is 10.0 Å². The fourth-order valence-corrected chi connectivity index (χ4v) is 2.86. The topological polar surface area (TPSA) is 92.2 Å². The van der Waals surface area contributed by atoms with Crippen molar-refractivity contribution in [1.29, 1.82) is 0 Å². The monoisotopic (exact) mass is 284 g/mol. The van der Waals surface area contributed by atoms with Crippen LogP contribution in [0.5, 0.6) is 0 Å². The highest BCUT2D eigenvalue weighted by Crippen LogP contribution is 2.16. The number of H-pyrrole nitrogens is 1. The van der Waals surface area contributed by atoms with Crippen LogP contribution >= 0.6 is 0 Å². The molecular weight excluding hydrogens is 268 g/mol. The van der Waals surface area contributed by atoms with Crippen molar-refractivity contribution in [2.24, 2.45) is 0 Å². The summed E-state index contributed by atoms with van der Waals surface area (Å²) in [4.78, 5) is 13.6. The van der Waals surface area contributed by atoms with Gasteiger partial charge >= 0.3 is 5.76 Å². The van der Waals surface area contributed by atoms with Crippen LogP contribution in [0, 0.1) is 0 Å². The van der Waals surface area contributed by atoms with E-state index in [0.29, 0.717) is 17.6 Å². The van der Waals surface area contributed by atoms with E-state index >= 15 is 0 Å². The number of hydrogen-bond acceptors (Lipinski definition) is 4. The smallest absolute Gasteiger partial charge is 0.408 e. The standard InChI is InChI=1S/C12H16N2O4S/c1-2-3-4-7-13-19(16,17)9-5-6-11-10(8-9)14-12(15)18-11/h5-6,8,13H,2-4,7H2,1H3,(H,14,15). The molecule has 1 aromatic carbocycles. The van der Waals surface area contributed by atoms with E-state index in [2.05, 4.69) is 16.6 Å². The first-order chi connectivity index (χ1) is 9.03. The van der Waals surface area contributed by atoms with Crippen LogP contribution in [0.15, 0.2) is 32.3 Å². The number of rotatable bonds is 6. The van der Waals surface area contributed by atoms with Gasteiger partial charge in [0.25, 0.3) is 0 Å². The summed E-state index contributed by atoms with van der Waals surface area (Å²) in [6.07, 6.45) is 2.82. The number of aromatic amines is 1. The van der Waals surface area contributed by atoms with E-state index in [1.54, 1.807) is 0 Å². The van der Waals surface area contributed by atoms with Gasteiger partial charge in [0.15, 0.2) is 5.58 Å². The highest BCUT2D eigenvalue weighted by atomic mass is 32.2. The molecule has 0 bridgehead atoms. The molecule has 0 atom stereocenters. The van der Waals surface area contributed by atoms with Crippen molar-refractivity contribution in [2.75, 3.05) is 6.54 Å². The minimum absolute atomic E-state index is 0.119. The maximum Gasteiger partial charge on any atom is 0.417 e. The lowest BCUT2D eigenvalue weighted by Crippen LogP contribution is -2.24. The average molecular weight is 284 g/mol. The van der Waals surface area contributed by atoms with Gasteiger partial charge in [-0.15, -0.1) is 0 Å². The Kier molecular flexibility index (Phi) is 4.06. The lowest BCUT2D eigenvalue weighted by atomic mass is 10.3. The van der Waals surface area contributed by atoms with Crippen molar-refractivity contribution >= 4 is 21.1 Å². The predicted octanol–water partition coefficient (Wildman–Crippen LogP) is 1.59. The average Bonchev–Trinajstić information content (AvgIpc) is 2.73. The third-order valence-electron chi connectivity index (χ3n) is 2.77. The maximum atomic E-state index is 12.0. The van der Waals surface area contributed by atoms with Gasteiger partial charge in [-0.3, -0.25) is 4.98 Å². The summed E-state index contributed by atoms with van der Waals surface area (Å²) in [5, 5.41) is 0. The zero-order chi connectivity index (χ0) is 13.9. The summed E-state index contributed by atoms with van der Waals surface area (Å²) in [7, 11) is -3.54. The second-order valence-electron chi connectivity index (χ2n) is 4.28. The van der Waals surface area contributed by atoms with E-state index < -0.39 is 15.8 Å². The lowest BCUT2D eigenvalue weighted by Gasteiger charge is -2.06. The Balaban J connectivity index is 2.20. The molecule has 19 heavy (non-hydrogen) atoms. The van der Waals surface area contributed by atoms with Crippen LogP contribution in [-0.4, -0.2) is 19.9 Å². The Morgan fingerprint density at radius 3 is 2.84 bits per heavy atom. The summed E-state index contributed by atoms with van der Waals surface area (Å²) in [5.74, 6) is -0.597. The Labute approximate surface area is 110 Å². The van der Waals surface area contributed by atoms with Crippen molar-refractivity contribution in [3.05, 3.63) is 28.7 Å². The molecule has 1 aromatic heterocycles. The molecule has 6 nitrogen and oxygen atoms in total. The minimum atomic E-state index is -3.54. The van der Waals surface area contributed by atoms with Crippen LogP contribution < -0.4 is 10.5 Å². The van der Waals surface area contributed by atoms with Gasteiger partial charge < -0.3 is 4.42 Å². The van der Waals surface area contributed by atoms with Crippen molar-refractivity contribution in [1.82, 2.24) is 9.71 Å². The zero-order valence-electron chi connectivity index (χ0n) is 10.6. The first kappa shape index (κ1) is 13.8. The van der Waals surface area contributed by atoms with Crippen molar-refractivity contribution in [2.45, 2.75) is 31.1 Å². The molecule has 0 spiro atoms. The Morgan fingerprint density at radius 1 is 1.32 bits per heavy atom. The number of fused-ring (bicyclic) bond motifs is 1. The molecule has 2 N–H and O–H groups in total. The molecule has 2 rings (SSSR count). The molecule has 0 unspecified atom stereocenters. The van der Waals surface area contributed by atoms with Gasteiger partial charge in [0.05, 0.1) is 10.4 Å². The number of hydrogen-bond donors (Lipinski definition) is 2. The van der Waals surface area contributed by atoms with E-state index in [4.69, 9.17) is 4.42 Å². The highest BCUT2D eigenvalue weighted by Gasteiger charge is 2.14. The summed E-state index contributed by atoms with van der Waals surface area (Å²) in [5.41, 5.74) is 0.719. The van der Waals surface area contributed by atoms with Gasteiger partial charge in [0, 0.05) is 6.54 Å². The molecule has 0 aliphatic carbocycles. The number of benzene rings is 1. The fourth-order valence-electron chi connectivity index (χ4n) is 1.76. The van der Waals surface area contributed by atoms with Gasteiger partial charge in [-0.2, -0.15) is 0 Å². The largest absolute Gasteiger partial charge is 0.417 e. The van der Waals surface area contributed by atoms with E-state index in [1.807, 2.05) is 0 Å². The molecule has 0 amide bonds. The molecule has 0 radical (unpaired) electrons. The Hall–Kier alpha value is -1.60. The van der Waals surface area contributed by atoms with Crippen molar-refractivity contribution in [3.8, 4) is 0 Å². The molecule has 0 saturated carbocycles. The molecule has 1 heterocycles. The Morgan fingerprint density at radius 2 is 2.11 bits per heavy atom. The van der Waals surface area contributed by atoms with Crippen LogP contribution in [0.2, 0.25) is 0 Å². The van der Waals surface area contributed by atoms with Crippen LogP contribution in [0.25, 0.3) is 11.1 Å². The molecule has 7 heteroatoms. The summed E-state index contributed by atoms with van der Waals surface area (Å²) < 4.78 is 31.4. The number of unbranched alkanes of at least 4 members (excludes halogenated alkanes) is 2. The third kappa shape index (κ3) is 3.24. The maximum absolute atomic E-state index is 12.0. The molecule has 0 fully saturated rings. The van der Waals surface area contributed by atoms with Gasteiger partial charge in [0.1, 0.15) is 0 Å². The molecule has 0 aliphatic heterocycles. The number of sulfonamides is 1. The van der Waals surface area contributed by atoms with Crippen LogP contribution in [0.1, 0.15) is 26.2 Å². The highest BCUT2D eigenvalue weighted by molar-refractivity contribution is 7.89. The SMILES string of the molecule is CCCCCNS(=O)(=O)c1ccc2oc(=O)[nH]c2c1. The first-order valence-electron chi connectivity index (χ1n) is 6.15. The van der Waals surface area contributed by atoms with Crippen molar-refractivity contribution in [3.63, 3.8) is 0 Å². The second kappa shape index (κ2) is 5.58. The summed E-state index contributed by atoms with van der Waals surface area (Å²) in [6.45, 7) is 2.47. The summed E-state index contributed by atoms with van der Waals surface area (Å²) >= 11 is 0. The number of oxazole rings is 1. The summed E-state index contributed by atoms with van der Waals surface area (Å²) in [6, 6.07) is 4.28. The van der Waals surface area contributed by atoms with Crippen LogP contribution in [-0.2, 0) is 10.0 Å². The number of nitrogens with one attached hydrogen (secondary N) is 2. The fraction of sp³-hybridized carbons (Fsp3) is 0.417. The third-order valence-corrected chi connectivity index (χ3v) is 4.23. The molecular formula is C12H16N2O4S. The van der Waals surface area contributed by atoms with E-state index in [-0.39, 0.29) is 4.90 Å². The minimum Gasteiger partial charge on any atom is -0.408 e. The van der Waals surface area contributed by atoms with E-state index in [0.717, 1.165) is 19.3 Å². The normalized spacial score (nSPS) is 12.1. The molecule has 2 aromatic rings. The Bertz CT molecular complexity index is 715. The van der Waals surface area contributed by atoms with E-state index in [9.17, 15) is 13.2 Å². The van der Waals surface area contributed by atoms with Gasteiger partial charge in [-0.1, -0.05) is 19.8 Å². The van der Waals surface area contributed by atoms with Gasteiger partial charge in [-0.05, 0) is 24.6 Å². The molecule has 104 valence electrons. The lowest BCUT2D eigenvalue weighted by molar-refractivity contribution is 0.555. The first-order valence-corrected chi connectivity index (χ1v) is 7.64.